The number of aliphatic hydroxyl groups excluding tert-OH is 3. The Kier molecular flexibility index (Phi) is 11.1. The highest BCUT2D eigenvalue weighted by molar-refractivity contribution is 8.00. The van der Waals surface area contributed by atoms with Crippen LogP contribution >= 0.6 is 11.8 Å². The predicted molar refractivity (Wildman–Crippen MR) is 122 cm³/mol. The van der Waals surface area contributed by atoms with Gasteiger partial charge in [0.1, 0.15) is 5.25 Å². The van der Waals surface area contributed by atoms with E-state index in [9.17, 15) is 10.4 Å². The number of hydrogen-bond acceptors (Lipinski definition) is 9. The molecule has 0 amide bonds. The molecule has 1 aromatic carbocycles. The van der Waals surface area contributed by atoms with E-state index in [4.69, 9.17) is 19.7 Å². The van der Waals surface area contributed by atoms with Crippen LogP contribution in [0.3, 0.4) is 0 Å². The van der Waals surface area contributed by atoms with Crippen LogP contribution in [-0.2, 0) is 6.42 Å². The van der Waals surface area contributed by atoms with E-state index in [0.29, 0.717) is 62.4 Å². The quantitative estimate of drug-likeness (QED) is 0.385. The van der Waals surface area contributed by atoms with Crippen LogP contribution in [-0.4, -0.2) is 95.6 Å². The zero-order valence-corrected chi connectivity index (χ0v) is 19.1. The van der Waals surface area contributed by atoms with E-state index >= 15 is 0 Å². The van der Waals surface area contributed by atoms with E-state index < -0.39 is 11.4 Å². The lowest BCUT2D eigenvalue weighted by Gasteiger charge is -2.25. The number of nitrogens with zero attached hydrogens (tertiary/aromatic N) is 3. The van der Waals surface area contributed by atoms with Gasteiger partial charge in [0.05, 0.1) is 44.3 Å². The second-order valence-corrected chi connectivity index (χ2v) is 8.22. The summed E-state index contributed by atoms with van der Waals surface area (Å²) < 4.78 is 11.5. The minimum Gasteiger partial charge on any atom is -0.490 e. The maximum atomic E-state index is 10.4. The summed E-state index contributed by atoms with van der Waals surface area (Å²) >= 11 is 1.35. The first-order valence-corrected chi connectivity index (χ1v) is 11.7. The first-order valence-electron chi connectivity index (χ1n) is 10.7. The molecule has 1 aliphatic heterocycles. The number of aliphatic hydroxyl groups is 3. The molecule has 0 saturated carbocycles. The molecular weight excluding hydrogens is 418 g/mol. The van der Waals surface area contributed by atoms with Gasteiger partial charge in [-0.1, -0.05) is 0 Å². The third kappa shape index (κ3) is 7.37. The summed E-state index contributed by atoms with van der Waals surface area (Å²) in [5.41, 5.74) is 2.68. The first kappa shape index (κ1) is 25.4. The van der Waals surface area contributed by atoms with Crippen molar-refractivity contribution < 1.29 is 24.8 Å². The zero-order valence-electron chi connectivity index (χ0n) is 18.3. The van der Waals surface area contributed by atoms with Gasteiger partial charge in [0.2, 0.25) is 0 Å². The standard InChI is InChI=1S/C22H33N3O5S/c1-3-29-19-11-16-5-6-24-22(18(16)12-20(19)30-4-2)21(13-23)31-15-17(28)14-25(7-9-26)8-10-27/h11-12,17,21,26-28H,3-10,14-15H2,1-2H3. The lowest BCUT2D eigenvalue weighted by atomic mass is 9.95. The number of hydrogen-bond donors (Lipinski definition) is 3. The molecule has 8 nitrogen and oxygen atoms in total. The molecule has 1 aliphatic rings. The molecule has 31 heavy (non-hydrogen) atoms. The van der Waals surface area contributed by atoms with Crippen molar-refractivity contribution >= 4 is 17.5 Å². The van der Waals surface area contributed by atoms with Crippen LogP contribution in [0.5, 0.6) is 11.5 Å². The van der Waals surface area contributed by atoms with Gasteiger partial charge in [-0.3, -0.25) is 9.89 Å². The molecule has 0 aromatic heterocycles. The highest BCUT2D eigenvalue weighted by Gasteiger charge is 2.26. The number of benzene rings is 1. The van der Waals surface area contributed by atoms with Crippen molar-refractivity contribution in [1.29, 1.82) is 5.26 Å². The van der Waals surface area contributed by atoms with Crippen molar-refractivity contribution in [2.45, 2.75) is 31.6 Å². The Bertz CT molecular complexity index is 762. The molecule has 1 aromatic rings. The van der Waals surface area contributed by atoms with Gasteiger partial charge in [0.15, 0.2) is 11.5 Å². The summed E-state index contributed by atoms with van der Waals surface area (Å²) in [6.07, 6.45) is 0.0792. The number of aliphatic imine (C=N–C) groups is 1. The fraction of sp³-hybridized carbons (Fsp3) is 0.636. The Morgan fingerprint density at radius 2 is 1.81 bits per heavy atom. The van der Waals surface area contributed by atoms with Gasteiger partial charge in [-0.05, 0) is 38.0 Å². The van der Waals surface area contributed by atoms with Gasteiger partial charge in [-0.15, -0.1) is 11.8 Å². The SMILES string of the molecule is CCOc1cc2c(cc1OCC)C(C(C#N)SCC(O)CN(CCO)CCO)=NCC2. The fourth-order valence-corrected chi connectivity index (χ4v) is 4.46. The Hall–Kier alpha value is -1.83. The number of nitriles is 1. The summed E-state index contributed by atoms with van der Waals surface area (Å²) in [5.74, 6) is 1.69. The number of rotatable bonds is 14. The summed E-state index contributed by atoms with van der Waals surface area (Å²) in [7, 11) is 0. The summed E-state index contributed by atoms with van der Waals surface area (Å²) in [6.45, 7) is 6.49. The van der Waals surface area contributed by atoms with E-state index in [2.05, 4.69) is 11.1 Å². The van der Waals surface area contributed by atoms with Crippen LogP contribution in [0.25, 0.3) is 0 Å². The number of fused-ring (bicyclic) bond motifs is 1. The molecule has 3 N–H and O–H groups in total. The molecule has 1 heterocycles. The molecule has 2 unspecified atom stereocenters. The van der Waals surface area contributed by atoms with E-state index in [1.165, 1.54) is 11.8 Å². The van der Waals surface area contributed by atoms with Crippen LogP contribution < -0.4 is 9.47 Å². The summed E-state index contributed by atoms with van der Waals surface area (Å²) in [4.78, 5) is 6.43. The van der Waals surface area contributed by atoms with E-state index in [1.54, 1.807) is 4.90 Å². The average molecular weight is 452 g/mol. The Balaban J connectivity index is 2.13. The molecular formula is C22H33N3O5S. The Labute approximate surface area is 188 Å². The van der Waals surface area contributed by atoms with E-state index in [-0.39, 0.29) is 13.2 Å². The normalized spacial score (nSPS) is 15.1. The second kappa shape index (κ2) is 13.6. The molecule has 0 saturated heterocycles. The van der Waals surface area contributed by atoms with Crippen molar-refractivity contribution in [2.24, 2.45) is 4.99 Å². The zero-order chi connectivity index (χ0) is 22.6. The lowest BCUT2D eigenvalue weighted by Crippen LogP contribution is -2.38. The molecule has 0 bridgehead atoms. The molecule has 2 atom stereocenters. The Morgan fingerprint density at radius 1 is 1.16 bits per heavy atom. The van der Waals surface area contributed by atoms with Crippen molar-refractivity contribution in [2.75, 3.05) is 58.4 Å². The average Bonchev–Trinajstić information content (AvgIpc) is 2.75. The minimum absolute atomic E-state index is 0.0415. The predicted octanol–water partition coefficient (Wildman–Crippen LogP) is 1.10. The molecule has 2 rings (SSSR count). The monoisotopic (exact) mass is 451 g/mol. The molecule has 0 fully saturated rings. The molecule has 172 valence electrons. The number of ether oxygens (including phenoxy) is 2. The van der Waals surface area contributed by atoms with Gasteiger partial charge < -0.3 is 24.8 Å². The van der Waals surface area contributed by atoms with Crippen LogP contribution in [0.1, 0.15) is 25.0 Å². The molecule has 0 radical (unpaired) electrons. The third-order valence-corrected chi connectivity index (χ3v) is 6.07. The Morgan fingerprint density at radius 3 is 2.39 bits per heavy atom. The molecule has 0 spiro atoms. The highest BCUT2D eigenvalue weighted by Crippen LogP contribution is 2.35. The van der Waals surface area contributed by atoms with Crippen LogP contribution in [0.15, 0.2) is 17.1 Å². The van der Waals surface area contributed by atoms with Gasteiger partial charge >= 0.3 is 0 Å². The summed E-state index contributed by atoms with van der Waals surface area (Å²) in [6, 6.07) is 6.21. The first-order chi connectivity index (χ1) is 15.1. The van der Waals surface area contributed by atoms with Gasteiger partial charge in [0.25, 0.3) is 0 Å². The van der Waals surface area contributed by atoms with Gasteiger partial charge in [0, 0.05) is 37.5 Å². The smallest absolute Gasteiger partial charge is 0.161 e. The molecule has 0 aliphatic carbocycles. The molecule has 9 heteroatoms. The minimum atomic E-state index is -0.693. The van der Waals surface area contributed by atoms with Gasteiger partial charge in [-0.25, -0.2) is 0 Å². The maximum absolute atomic E-state index is 10.4. The maximum Gasteiger partial charge on any atom is 0.161 e. The van der Waals surface area contributed by atoms with Crippen molar-refractivity contribution in [3.63, 3.8) is 0 Å². The largest absolute Gasteiger partial charge is 0.490 e. The fourth-order valence-electron chi connectivity index (χ4n) is 3.50. The number of thioether (sulfide) groups is 1. The van der Waals surface area contributed by atoms with Crippen molar-refractivity contribution in [3.05, 3.63) is 23.3 Å². The lowest BCUT2D eigenvalue weighted by molar-refractivity contribution is 0.0995. The highest BCUT2D eigenvalue weighted by atomic mass is 32.2. The third-order valence-electron chi connectivity index (χ3n) is 4.83. The topological polar surface area (TPSA) is 119 Å². The van der Waals surface area contributed by atoms with E-state index in [0.717, 1.165) is 17.5 Å². The second-order valence-electron chi connectivity index (χ2n) is 7.08. The van der Waals surface area contributed by atoms with Crippen molar-refractivity contribution in [1.82, 2.24) is 4.90 Å². The van der Waals surface area contributed by atoms with Crippen LogP contribution in [0.2, 0.25) is 0 Å². The van der Waals surface area contributed by atoms with Crippen LogP contribution in [0.4, 0.5) is 0 Å². The van der Waals surface area contributed by atoms with Crippen molar-refractivity contribution in [3.8, 4) is 17.6 Å². The van der Waals surface area contributed by atoms with Gasteiger partial charge in [-0.2, -0.15) is 5.26 Å². The van der Waals surface area contributed by atoms with E-state index in [1.807, 2.05) is 26.0 Å². The van der Waals surface area contributed by atoms with Crippen LogP contribution in [0, 0.1) is 11.3 Å². The summed E-state index contributed by atoms with van der Waals surface area (Å²) in [5, 5.41) is 37.9.